The molecule has 1 aliphatic carbocycles. The first-order chi connectivity index (χ1) is 20.9. The van der Waals surface area contributed by atoms with Crippen LogP contribution in [0, 0.1) is 0 Å². The molecule has 8 nitrogen and oxygen atoms in total. The van der Waals surface area contributed by atoms with Gasteiger partial charge in [-0.1, -0.05) is 25.5 Å². The lowest BCUT2D eigenvalue weighted by Crippen LogP contribution is -2.43. The molecule has 238 valence electrons. The van der Waals surface area contributed by atoms with E-state index in [0.29, 0.717) is 75.2 Å². The minimum absolute atomic E-state index is 0.00941. The molecule has 0 amide bonds. The van der Waals surface area contributed by atoms with Crippen molar-refractivity contribution < 1.29 is 39.4 Å². The minimum Gasteiger partial charge on any atom is -0.493 e. The minimum atomic E-state index is -0.813. The molecule has 0 saturated carbocycles. The molecule has 0 fully saturated rings. The Morgan fingerprint density at radius 2 is 1.56 bits per heavy atom. The van der Waals surface area contributed by atoms with Crippen LogP contribution in [0.3, 0.4) is 0 Å². The molecule has 1 heterocycles. The molecule has 8 heteroatoms. The van der Waals surface area contributed by atoms with Crippen LogP contribution in [0.2, 0.25) is 0 Å². The quantitative estimate of drug-likeness (QED) is 0.174. The van der Waals surface area contributed by atoms with Gasteiger partial charge in [0.15, 0.2) is 5.78 Å². The summed E-state index contributed by atoms with van der Waals surface area (Å²) >= 11 is 0. The zero-order valence-corrected chi connectivity index (χ0v) is 25.7. The summed E-state index contributed by atoms with van der Waals surface area (Å²) < 4.78 is 19.2. The Morgan fingerprint density at radius 3 is 2.23 bits per heavy atom. The number of aryl methyl sites for hydroxylation is 1. The van der Waals surface area contributed by atoms with Crippen molar-refractivity contribution in [3.8, 4) is 17.2 Å². The molecule has 2 aromatic carbocycles. The second-order valence-electron chi connectivity index (χ2n) is 12.2. The number of Topliss-reactive ketones (excluding diaryl/α,β-unsaturated/α-hetero) is 1. The van der Waals surface area contributed by atoms with Crippen molar-refractivity contribution in [2.45, 2.75) is 115 Å². The number of rotatable bonds is 18. The summed E-state index contributed by atoms with van der Waals surface area (Å²) in [7, 11) is 0. The van der Waals surface area contributed by atoms with Crippen LogP contribution < -0.4 is 14.2 Å². The summed E-state index contributed by atoms with van der Waals surface area (Å²) in [5, 5.41) is 38.3. The molecular formula is C35H50O8. The number of fused-ring (bicyclic) bond motifs is 2. The maximum atomic E-state index is 13.5. The lowest BCUT2D eigenvalue weighted by Gasteiger charge is -2.40. The Hall–Kier alpha value is -2.65. The molecule has 2 atom stereocenters. The van der Waals surface area contributed by atoms with Crippen LogP contribution in [0.15, 0.2) is 30.3 Å². The van der Waals surface area contributed by atoms with Crippen molar-refractivity contribution >= 4 is 5.78 Å². The summed E-state index contributed by atoms with van der Waals surface area (Å²) in [6, 6.07) is 10.0. The Balaban J connectivity index is 1.45. The number of hydrogen-bond donors (Lipinski definition) is 4. The lowest BCUT2D eigenvalue weighted by molar-refractivity contribution is 0.0136. The van der Waals surface area contributed by atoms with Crippen LogP contribution in [-0.4, -0.2) is 70.4 Å². The van der Waals surface area contributed by atoms with Gasteiger partial charge in [-0.2, -0.15) is 0 Å². The van der Waals surface area contributed by atoms with E-state index in [9.17, 15) is 25.2 Å². The van der Waals surface area contributed by atoms with E-state index in [1.54, 1.807) is 6.07 Å². The van der Waals surface area contributed by atoms with Gasteiger partial charge in [0.05, 0.1) is 50.6 Å². The number of carbonyl (C=O) groups is 1. The van der Waals surface area contributed by atoms with Crippen LogP contribution in [0.1, 0.15) is 105 Å². The monoisotopic (exact) mass is 598 g/mol. The Kier molecular flexibility index (Phi) is 12.7. The molecule has 4 N–H and O–H groups in total. The van der Waals surface area contributed by atoms with E-state index in [4.69, 9.17) is 14.2 Å². The summed E-state index contributed by atoms with van der Waals surface area (Å²) in [5.74, 6) is 2.29. The first-order valence-electron chi connectivity index (χ1n) is 16.2. The highest BCUT2D eigenvalue weighted by Crippen LogP contribution is 2.44. The van der Waals surface area contributed by atoms with E-state index >= 15 is 0 Å². The topological polar surface area (TPSA) is 126 Å². The van der Waals surface area contributed by atoms with E-state index in [0.717, 1.165) is 37.0 Å². The number of hydrogen-bond acceptors (Lipinski definition) is 8. The highest BCUT2D eigenvalue weighted by atomic mass is 16.5. The van der Waals surface area contributed by atoms with Gasteiger partial charge in [-0.25, -0.2) is 0 Å². The highest BCUT2D eigenvalue weighted by Gasteiger charge is 2.41. The first kappa shape index (κ1) is 33.2. The van der Waals surface area contributed by atoms with E-state index in [1.165, 1.54) is 24.0 Å². The standard InChI is InChI=1S/C35H50O8/c1-2-9-30-33(42-21-8-20-41-32-15-5-11-25-10-3-4-14-28(25)32)17-16-29-31(40)22-35(43-34(29)30,18-6-12-26(38)23-36)19-7-13-27(39)24-37/h5,11,15-17,26-27,36-39H,2-4,6-10,12-14,18-24H2,1H3. The van der Waals surface area contributed by atoms with Crippen LogP contribution in [-0.2, 0) is 19.3 Å². The van der Waals surface area contributed by atoms with E-state index in [2.05, 4.69) is 25.1 Å². The molecule has 2 unspecified atom stereocenters. The maximum Gasteiger partial charge on any atom is 0.170 e. The van der Waals surface area contributed by atoms with Gasteiger partial charge in [-0.15, -0.1) is 0 Å². The van der Waals surface area contributed by atoms with Crippen molar-refractivity contribution in [1.82, 2.24) is 0 Å². The number of benzene rings is 2. The van der Waals surface area contributed by atoms with Gasteiger partial charge in [0.1, 0.15) is 22.8 Å². The summed E-state index contributed by atoms with van der Waals surface area (Å²) in [5.41, 5.74) is 3.41. The maximum absolute atomic E-state index is 13.5. The molecule has 0 saturated heterocycles. The summed E-state index contributed by atoms with van der Waals surface area (Å²) in [6.45, 7) is 2.50. The Bertz CT molecular complexity index is 1160. The normalized spacial score (nSPS) is 19.2. The number of aliphatic hydroxyl groups is 4. The fraction of sp³-hybridized carbons (Fsp3) is 0.629. The van der Waals surface area contributed by atoms with Crippen molar-refractivity contribution in [2.24, 2.45) is 0 Å². The van der Waals surface area contributed by atoms with Crippen molar-refractivity contribution in [2.75, 3.05) is 26.4 Å². The van der Waals surface area contributed by atoms with Crippen molar-refractivity contribution in [3.63, 3.8) is 0 Å². The number of carbonyl (C=O) groups excluding carboxylic acids is 1. The molecule has 0 spiro atoms. The third kappa shape index (κ3) is 8.94. The van der Waals surface area contributed by atoms with Gasteiger partial charge in [0.2, 0.25) is 0 Å². The first-order valence-corrected chi connectivity index (χ1v) is 16.2. The molecule has 0 bridgehead atoms. The van der Waals surface area contributed by atoms with Gasteiger partial charge >= 0.3 is 0 Å². The zero-order chi connectivity index (χ0) is 30.7. The lowest BCUT2D eigenvalue weighted by atomic mass is 9.81. The molecule has 0 radical (unpaired) electrons. The highest BCUT2D eigenvalue weighted by molar-refractivity contribution is 6.01. The largest absolute Gasteiger partial charge is 0.493 e. The van der Waals surface area contributed by atoms with Crippen molar-refractivity contribution in [3.05, 3.63) is 52.6 Å². The Morgan fingerprint density at radius 1 is 0.884 bits per heavy atom. The fourth-order valence-electron chi connectivity index (χ4n) is 6.42. The van der Waals surface area contributed by atoms with E-state index in [-0.39, 0.29) is 25.4 Å². The summed E-state index contributed by atoms with van der Waals surface area (Å²) in [4.78, 5) is 13.5. The van der Waals surface area contributed by atoms with E-state index in [1.807, 2.05) is 6.07 Å². The van der Waals surface area contributed by atoms with Crippen LogP contribution in [0.4, 0.5) is 0 Å². The second-order valence-corrected chi connectivity index (χ2v) is 12.2. The molecule has 0 aromatic heterocycles. The third-order valence-corrected chi connectivity index (χ3v) is 8.74. The number of ketones is 1. The van der Waals surface area contributed by atoms with Gasteiger partial charge in [-0.3, -0.25) is 4.79 Å². The second kappa shape index (κ2) is 16.4. The molecular weight excluding hydrogens is 548 g/mol. The smallest absolute Gasteiger partial charge is 0.170 e. The molecule has 43 heavy (non-hydrogen) atoms. The fourth-order valence-corrected chi connectivity index (χ4v) is 6.42. The molecule has 1 aliphatic heterocycles. The predicted molar refractivity (Wildman–Crippen MR) is 165 cm³/mol. The zero-order valence-electron chi connectivity index (χ0n) is 25.7. The summed E-state index contributed by atoms with van der Waals surface area (Å²) in [6.07, 6.45) is 8.50. The molecule has 2 aromatic rings. The van der Waals surface area contributed by atoms with Gasteiger partial charge in [0, 0.05) is 12.0 Å². The number of aliphatic hydroxyl groups excluding tert-OH is 4. The Labute approximate surface area is 256 Å². The van der Waals surface area contributed by atoms with Crippen LogP contribution >= 0.6 is 0 Å². The SMILES string of the molecule is CCCc1c(OCCCOc2cccc3c2CCCC3)ccc2c1OC(CCCC(O)CO)(CCCC(O)CO)CC2=O. The number of ether oxygens (including phenoxy) is 3. The molecule has 2 aliphatic rings. The third-order valence-electron chi connectivity index (χ3n) is 8.74. The average Bonchev–Trinajstić information content (AvgIpc) is 3.01. The predicted octanol–water partition coefficient (Wildman–Crippen LogP) is 5.12. The van der Waals surface area contributed by atoms with Crippen LogP contribution in [0.25, 0.3) is 0 Å². The van der Waals surface area contributed by atoms with Gasteiger partial charge in [-0.05, 0) is 100.0 Å². The average molecular weight is 599 g/mol. The van der Waals surface area contributed by atoms with Gasteiger partial charge in [0.25, 0.3) is 0 Å². The van der Waals surface area contributed by atoms with Gasteiger partial charge < -0.3 is 34.6 Å². The van der Waals surface area contributed by atoms with Crippen molar-refractivity contribution in [1.29, 1.82) is 0 Å². The van der Waals surface area contributed by atoms with E-state index < -0.39 is 17.8 Å². The van der Waals surface area contributed by atoms with Crippen LogP contribution in [0.5, 0.6) is 17.2 Å². The molecule has 4 rings (SSSR count).